The van der Waals surface area contributed by atoms with Crippen LogP contribution < -0.4 is 5.43 Å². The topological polar surface area (TPSA) is 42.2 Å². The highest BCUT2D eigenvalue weighted by Crippen LogP contribution is 2.27. The molecule has 3 nitrogen and oxygen atoms in total. The third-order valence-corrected chi connectivity index (χ3v) is 3.87. The van der Waals surface area contributed by atoms with Gasteiger partial charge >= 0.3 is 0 Å². The Hall–Kier alpha value is -2.55. The molecule has 2 aromatic carbocycles. The van der Waals surface area contributed by atoms with Gasteiger partial charge < -0.3 is 9.67 Å². The van der Waals surface area contributed by atoms with Gasteiger partial charge in [0.05, 0.1) is 10.9 Å². The van der Waals surface area contributed by atoms with Crippen molar-refractivity contribution in [2.45, 2.75) is 13.8 Å². The lowest BCUT2D eigenvalue weighted by Crippen LogP contribution is -2.11. The van der Waals surface area contributed by atoms with Crippen molar-refractivity contribution < 1.29 is 5.11 Å². The number of phenols is 1. The van der Waals surface area contributed by atoms with Crippen LogP contribution in [0.3, 0.4) is 0 Å². The Balaban J connectivity index is 2.42. The van der Waals surface area contributed by atoms with Crippen LogP contribution in [0.15, 0.2) is 47.4 Å². The quantitative estimate of drug-likeness (QED) is 0.740. The molecular formula is C18H17NO2. The van der Waals surface area contributed by atoms with Crippen LogP contribution in [0.2, 0.25) is 0 Å². The van der Waals surface area contributed by atoms with Gasteiger partial charge in [0, 0.05) is 18.8 Å². The molecule has 1 N–H and O–H groups in total. The molecule has 3 rings (SSSR count). The number of nitrogens with zero attached hydrogens (tertiary/aromatic N) is 1. The van der Waals surface area contributed by atoms with E-state index in [4.69, 9.17) is 0 Å². The summed E-state index contributed by atoms with van der Waals surface area (Å²) in [6.07, 6.45) is 1.84. The van der Waals surface area contributed by atoms with E-state index < -0.39 is 0 Å². The number of aryl methyl sites for hydroxylation is 3. The second kappa shape index (κ2) is 4.77. The molecule has 0 amide bonds. The van der Waals surface area contributed by atoms with Crippen molar-refractivity contribution >= 4 is 10.9 Å². The average molecular weight is 279 g/mol. The van der Waals surface area contributed by atoms with Crippen molar-refractivity contribution in [3.05, 3.63) is 63.9 Å². The number of phenolic OH excluding ortho intramolecular Hbond substituents is 1. The summed E-state index contributed by atoms with van der Waals surface area (Å²) in [4.78, 5) is 12.8. The maximum absolute atomic E-state index is 12.8. The number of pyridine rings is 1. The molecule has 0 aliphatic heterocycles. The van der Waals surface area contributed by atoms with Crippen LogP contribution in [0.5, 0.6) is 5.75 Å². The summed E-state index contributed by atoms with van der Waals surface area (Å²) in [5.74, 6) is 0.0326. The Morgan fingerprint density at radius 1 is 1.00 bits per heavy atom. The van der Waals surface area contributed by atoms with Gasteiger partial charge in [-0.25, -0.2) is 0 Å². The number of fused-ring (bicyclic) bond motifs is 1. The predicted molar refractivity (Wildman–Crippen MR) is 85.8 cm³/mol. The zero-order chi connectivity index (χ0) is 15.1. The Morgan fingerprint density at radius 3 is 2.33 bits per heavy atom. The van der Waals surface area contributed by atoms with Crippen LogP contribution in [-0.2, 0) is 7.05 Å². The maximum Gasteiger partial charge on any atom is 0.200 e. The molecule has 0 fully saturated rings. The molecule has 1 heterocycles. The first-order valence-electron chi connectivity index (χ1n) is 6.88. The normalized spacial score (nSPS) is 11.0. The van der Waals surface area contributed by atoms with Crippen LogP contribution >= 0.6 is 0 Å². The van der Waals surface area contributed by atoms with E-state index in [2.05, 4.69) is 0 Å². The van der Waals surface area contributed by atoms with Crippen LogP contribution in [0.4, 0.5) is 0 Å². The first-order valence-corrected chi connectivity index (χ1v) is 6.88. The third kappa shape index (κ3) is 2.11. The number of rotatable bonds is 1. The van der Waals surface area contributed by atoms with E-state index in [-0.39, 0.29) is 11.2 Å². The van der Waals surface area contributed by atoms with E-state index in [0.29, 0.717) is 10.9 Å². The van der Waals surface area contributed by atoms with E-state index in [9.17, 15) is 9.90 Å². The molecular weight excluding hydrogens is 262 g/mol. The maximum atomic E-state index is 12.8. The number of hydrogen-bond acceptors (Lipinski definition) is 2. The first kappa shape index (κ1) is 13.4. The number of hydrogen-bond donors (Lipinski definition) is 1. The molecule has 0 saturated heterocycles. The molecule has 0 spiro atoms. The molecule has 0 bridgehead atoms. The minimum atomic E-state index is -0.131. The fraction of sp³-hybridized carbons (Fsp3) is 0.167. The monoisotopic (exact) mass is 279 g/mol. The Kier molecular flexibility index (Phi) is 3.05. The van der Waals surface area contributed by atoms with E-state index in [1.165, 1.54) is 0 Å². The summed E-state index contributed by atoms with van der Waals surface area (Å²) in [6.45, 7) is 3.95. The highest BCUT2D eigenvalue weighted by molar-refractivity contribution is 5.91. The van der Waals surface area contributed by atoms with Crippen LogP contribution in [0.25, 0.3) is 22.0 Å². The Labute approximate surface area is 123 Å². The molecule has 3 aromatic rings. The van der Waals surface area contributed by atoms with Crippen LogP contribution in [0.1, 0.15) is 11.1 Å². The summed E-state index contributed by atoms with van der Waals surface area (Å²) in [6, 6.07) is 11.2. The van der Waals surface area contributed by atoms with Crippen LogP contribution in [-0.4, -0.2) is 9.67 Å². The smallest absolute Gasteiger partial charge is 0.200 e. The van der Waals surface area contributed by atoms with Gasteiger partial charge in [-0.2, -0.15) is 0 Å². The van der Waals surface area contributed by atoms with Crippen molar-refractivity contribution in [1.82, 2.24) is 4.57 Å². The van der Waals surface area contributed by atoms with Crippen molar-refractivity contribution in [3.8, 4) is 16.9 Å². The molecule has 0 aliphatic rings. The third-order valence-electron chi connectivity index (χ3n) is 3.87. The predicted octanol–water partition coefficient (Wildman–Crippen LogP) is 3.53. The van der Waals surface area contributed by atoms with Crippen molar-refractivity contribution in [3.63, 3.8) is 0 Å². The van der Waals surface area contributed by atoms with Gasteiger partial charge in [-0.05, 0) is 31.0 Å². The van der Waals surface area contributed by atoms with Gasteiger partial charge in [0.15, 0.2) is 0 Å². The van der Waals surface area contributed by atoms with Gasteiger partial charge in [-0.3, -0.25) is 4.79 Å². The second-order valence-electron chi connectivity index (χ2n) is 5.47. The van der Waals surface area contributed by atoms with Gasteiger partial charge in [-0.1, -0.05) is 35.9 Å². The standard InChI is InChI=1S/C18H17NO2/c1-11-4-7-13(8-5-11)14-10-19(3)17-12(2)6-9-15(20)16(17)18(14)21/h4-10,20H,1-3H3. The molecule has 0 atom stereocenters. The van der Waals surface area contributed by atoms with E-state index in [1.54, 1.807) is 6.07 Å². The number of aromatic nitrogens is 1. The average Bonchev–Trinajstić information content (AvgIpc) is 2.46. The zero-order valence-corrected chi connectivity index (χ0v) is 12.3. The molecule has 0 radical (unpaired) electrons. The minimum Gasteiger partial charge on any atom is -0.507 e. The van der Waals surface area contributed by atoms with E-state index in [0.717, 1.165) is 22.2 Å². The van der Waals surface area contributed by atoms with E-state index in [1.807, 2.05) is 62.0 Å². The lowest BCUT2D eigenvalue weighted by molar-refractivity contribution is 0.481. The van der Waals surface area contributed by atoms with Crippen molar-refractivity contribution in [2.24, 2.45) is 7.05 Å². The summed E-state index contributed by atoms with van der Waals surface area (Å²) in [7, 11) is 1.89. The SMILES string of the molecule is Cc1ccc(-c2cn(C)c3c(C)ccc(O)c3c2=O)cc1. The molecule has 1 aromatic heterocycles. The molecule has 0 aliphatic carbocycles. The fourth-order valence-electron chi connectivity index (χ4n) is 2.75. The second-order valence-corrected chi connectivity index (χ2v) is 5.47. The molecule has 3 heteroatoms. The van der Waals surface area contributed by atoms with Crippen molar-refractivity contribution in [2.75, 3.05) is 0 Å². The summed E-state index contributed by atoms with van der Waals surface area (Å²) >= 11 is 0. The fourth-order valence-corrected chi connectivity index (χ4v) is 2.75. The number of benzene rings is 2. The summed E-state index contributed by atoms with van der Waals surface area (Å²) in [5.41, 5.74) is 4.23. The number of aromatic hydroxyl groups is 1. The van der Waals surface area contributed by atoms with E-state index >= 15 is 0 Å². The highest BCUT2D eigenvalue weighted by Gasteiger charge is 2.14. The Bertz CT molecular complexity index is 890. The van der Waals surface area contributed by atoms with Gasteiger partial charge in [0.25, 0.3) is 0 Å². The van der Waals surface area contributed by atoms with Crippen molar-refractivity contribution in [1.29, 1.82) is 0 Å². The lowest BCUT2D eigenvalue weighted by Gasteiger charge is -2.12. The molecule has 0 saturated carbocycles. The van der Waals surface area contributed by atoms with Gasteiger partial charge in [0.1, 0.15) is 5.75 Å². The summed E-state index contributed by atoms with van der Waals surface area (Å²) < 4.78 is 1.90. The minimum absolute atomic E-state index is 0.0326. The van der Waals surface area contributed by atoms with Gasteiger partial charge in [-0.15, -0.1) is 0 Å². The largest absolute Gasteiger partial charge is 0.507 e. The molecule has 0 unspecified atom stereocenters. The molecule has 21 heavy (non-hydrogen) atoms. The summed E-state index contributed by atoms with van der Waals surface area (Å²) in [5, 5.41) is 10.5. The Morgan fingerprint density at radius 2 is 1.67 bits per heavy atom. The van der Waals surface area contributed by atoms with Crippen LogP contribution in [0, 0.1) is 13.8 Å². The first-order chi connectivity index (χ1) is 9.99. The highest BCUT2D eigenvalue weighted by atomic mass is 16.3. The molecule has 106 valence electrons. The zero-order valence-electron chi connectivity index (χ0n) is 12.3. The lowest BCUT2D eigenvalue weighted by atomic mass is 10.0. The van der Waals surface area contributed by atoms with Gasteiger partial charge in [0.2, 0.25) is 5.43 Å².